The fourth-order valence-corrected chi connectivity index (χ4v) is 1.12. The minimum atomic E-state index is -5.20. The summed E-state index contributed by atoms with van der Waals surface area (Å²) in [5, 5.41) is 7.05. The molecule has 1 heterocycles. The van der Waals surface area contributed by atoms with Gasteiger partial charge in [0.2, 0.25) is 0 Å². The molecule has 2 aromatic rings. The van der Waals surface area contributed by atoms with Crippen molar-refractivity contribution >= 4 is 58.5 Å². The molecule has 0 aliphatic rings. The molecule has 0 radical (unpaired) electrons. The average Bonchev–Trinajstić information content (AvgIpc) is 2.95. The Balaban J connectivity index is -0.000000218. The minimum absolute atomic E-state index is 0.381. The van der Waals surface area contributed by atoms with Gasteiger partial charge in [-0.2, -0.15) is 0 Å². The number of hydrogen-bond donors (Lipinski definition) is 11. The van der Waals surface area contributed by atoms with Gasteiger partial charge in [-0.1, -0.05) is 12.1 Å². The summed E-state index contributed by atoms with van der Waals surface area (Å²) < 4.78 is 121. The van der Waals surface area contributed by atoms with Gasteiger partial charge in [-0.15, -0.1) is 30.3 Å². The number of nitrogens with zero attached hydrogens (tertiary/aromatic N) is 3. The Morgan fingerprint density at radius 2 is 0.850 bits per heavy atom. The SMILES string of the molecule is O=P(O)(F)OOn1nnc2ccccc21.O=P(O)(O)F.O=P(O)(O)F.O=P(O)(O)F.O=P(O)(O)F.O=P(O)(O)F. The standard InChI is InChI=1S/C6H5FN3O4P.5FH2O3P/c7-15(11,12)14-13-10-6-4-2-1-3-5(6)8-9-10;5*1-5(2,3)4/h1-4H,(H,11,12);5*(H2,2,3,4). The Bertz CT molecular complexity index is 1120. The highest BCUT2D eigenvalue weighted by atomic mass is 31.2. The molecule has 0 aliphatic heterocycles. The van der Waals surface area contributed by atoms with Crippen molar-refractivity contribution in [3.05, 3.63) is 24.3 Å². The van der Waals surface area contributed by atoms with Crippen LogP contribution in [0, 0.1) is 0 Å². The van der Waals surface area contributed by atoms with Gasteiger partial charge in [0, 0.05) is 0 Å². The van der Waals surface area contributed by atoms with Crippen molar-refractivity contribution in [3.8, 4) is 0 Å². The molecule has 1 aromatic carbocycles. The summed E-state index contributed by atoms with van der Waals surface area (Å²) in [6.07, 6.45) is 0. The Kier molecular flexibility index (Phi) is 22.0. The minimum Gasteiger partial charge on any atom is -0.299 e. The molecule has 0 saturated carbocycles. The molecule has 2 rings (SSSR count). The van der Waals surface area contributed by atoms with Crippen LogP contribution in [0.2, 0.25) is 0 Å². The summed E-state index contributed by atoms with van der Waals surface area (Å²) in [6.45, 7) is 0. The first-order chi connectivity index (χ1) is 17.1. The topological polar surface area (TPSA) is 374 Å². The molecule has 40 heavy (non-hydrogen) atoms. The van der Waals surface area contributed by atoms with Crippen LogP contribution in [0.15, 0.2) is 24.3 Å². The maximum absolute atomic E-state index is 12.1. The molecular weight excluding hydrogens is 718 g/mol. The lowest BCUT2D eigenvalue weighted by atomic mass is 10.3. The van der Waals surface area contributed by atoms with E-state index >= 15 is 0 Å². The Hall–Kier alpha value is -1.10. The predicted octanol–water partition coefficient (Wildman–Crippen LogP) is 1.10. The summed E-state index contributed by atoms with van der Waals surface area (Å²) in [5.41, 5.74) is 0.860. The monoisotopic (exact) mass is 733 g/mol. The van der Waals surface area contributed by atoms with E-state index in [9.17, 15) is 29.7 Å². The lowest BCUT2D eigenvalue weighted by molar-refractivity contribution is -0.227. The first kappa shape index (κ1) is 45.9. The number of para-hydroxylation sites is 1. The number of fused-ring (bicyclic) bond motifs is 1. The van der Waals surface area contributed by atoms with E-state index in [1.807, 2.05) is 0 Å². The molecular formula is C6H15F6N3O19P6. The molecule has 0 fully saturated rings. The number of benzene rings is 1. The summed E-state index contributed by atoms with van der Waals surface area (Å²) in [5.74, 6) is 0. The molecule has 34 heteroatoms. The summed E-state index contributed by atoms with van der Waals surface area (Å²) in [4.78, 5) is 82.7. The highest BCUT2D eigenvalue weighted by molar-refractivity contribution is 7.47. The van der Waals surface area contributed by atoms with Crippen LogP contribution < -0.4 is 4.99 Å². The van der Waals surface area contributed by atoms with Crippen LogP contribution in [0.5, 0.6) is 0 Å². The normalized spacial score (nSPS) is 13.0. The van der Waals surface area contributed by atoms with Crippen LogP contribution in [0.25, 0.3) is 11.0 Å². The van der Waals surface area contributed by atoms with E-state index < -0.39 is 47.4 Å². The van der Waals surface area contributed by atoms with Gasteiger partial charge in [0.25, 0.3) is 0 Å². The van der Waals surface area contributed by atoms with Crippen molar-refractivity contribution in [2.24, 2.45) is 0 Å². The van der Waals surface area contributed by atoms with Crippen LogP contribution in [0.1, 0.15) is 0 Å². The first-order valence-corrected chi connectivity index (χ1v) is 16.5. The summed E-state index contributed by atoms with van der Waals surface area (Å²) in [7, 11) is -30.9. The van der Waals surface area contributed by atoms with Gasteiger partial charge in [0.05, 0.1) is 0 Å². The average molecular weight is 733 g/mol. The first-order valence-electron chi connectivity index (χ1n) is 7.52. The molecule has 240 valence electrons. The molecule has 1 aromatic heterocycles. The van der Waals surface area contributed by atoms with Crippen molar-refractivity contribution in [3.63, 3.8) is 0 Å². The molecule has 0 amide bonds. The van der Waals surface area contributed by atoms with Crippen LogP contribution in [-0.2, 0) is 32.1 Å². The molecule has 0 saturated heterocycles. The lowest BCUT2D eigenvalue weighted by Crippen LogP contribution is -2.11. The Morgan fingerprint density at radius 1 is 0.575 bits per heavy atom. The number of hydrogen-bond acceptors (Lipinski definition) is 10. The van der Waals surface area contributed by atoms with E-state index in [-0.39, 0.29) is 0 Å². The molecule has 1 unspecified atom stereocenters. The van der Waals surface area contributed by atoms with E-state index in [1.165, 1.54) is 0 Å². The van der Waals surface area contributed by atoms with Crippen molar-refractivity contribution in [2.45, 2.75) is 0 Å². The van der Waals surface area contributed by atoms with Crippen molar-refractivity contribution < 1.29 is 116 Å². The number of halogens is 6. The van der Waals surface area contributed by atoms with Crippen LogP contribution >= 0.6 is 47.4 Å². The largest absolute Gasteiger partial charge is 0.548 e. The lowest BCUT2D eigenvalue weighted by Gasteiger charge is -2.01. The van der Waals surface area contributed by atoms with E-state index in [2.05, 4.69) is 20.0 Å². The van der Waals surface area contributed by atoms with Crippen molar-refractivity contribution in [1.29, 1.82) is 0 Å². The van der Waals surface area contributed by atoms with Crippen LogP contribution in [-0.4, -0.2) is 69.0 Å². The van der Waals surface area contributed by atoms with Crippen LogP contribution in [0.3, 0.4) is 0 Å². The molecule has 0 aliphatic carbocycles. The summed E-state index contributed by atoms with van der Waals surface area (Å²) in [6, 6.07) is 6.59. The third kappa shape index (κ3) is 76.7. The van der Waals surface area contributed by atoms with E-state index in [0.29, 0.717) is 15.9 Å². The quantitative estimate of drug-likeness (QED) is 0.0910. The second kappa shape index (κ2) is 19.2. The maximum atomic E-state index is 12.1. The zero-order chi connectivity index (χ0) is 33.4. The highest BCUT2D eigenvalue weighted by Crippen LogP contribution is 2.42. The van der Waals surface area contributed by atoms with Crippen molar-refractivity contribution in [1.82, 2.24) is 15.2 Å². The Labute approximate surface area is 214 Å². The van der Waals surface area contributed by atoms with Gasteiger partial charge < -0.3 is 0 Å². The molecule has 11 N–H and O–H groups in total. The second-order valence-corrected chi connectivity index (χ2v) is 10.7. The third-order valence-corrected chi connectivity index (χ3v) is 1.77. The zero-order valence-electron chi connectivity index (χ0n) is 17.8. The Morgan fingerprint density at radius 3 is 1.12 bits per heavy atom. The van der Waals surface area contributed by atoms with Gasteiger partial charge in [0.15, 0.2) is 0 Å². The van der Waals surface area contributed by atoms with Crippen LogP contribution in [0.4, 0.5) is 25.2 Å². The fraction of sp³-hybridized carbons (Fsp3) is 0. The van der Waals surface area contributed by atoms with Crippen molar-refractivity contribution in [2.75, 3.05) is 0 Å². The highest BCUT2D eigenvalue weighted by Gasteiger charge is 2.21. The molecule has 0 bridgehead atoms. The van der Waals surface area contributed by atoms with Gasteiger partial charge in [-0.3, -0.25) is 53.8 Å². The van der Waals surface area contributed by atoms with E-state index in [0.717, 1.165) is 0 Å². The van der Waals surface area contributed by atoms with Gasteiger partial charge in [-0.05, 0) is 26.9 Å². The van der Waals surface area contributed by atoms with Gasteiger partial charge in [0.1, 0.15) is 11.0 Å². The molecule has 22 nitrogen and oxygen atoms in total. The number of aromatic nitrogens is 3. The van der Waals surface area contributed by atoms with E-state index in [1.54, 1.807) is 24.3 Å². The zero-order valence-corrected chi connectivity index (χ0v) is 23.2. The fourth-order valence-electron chi connectivity index (χ4n) is 0.975. The predicted molar refractivity (Wildman–Crippen MR) is 112 cm³/mol. The van der Waals surface area contributed by atoms with E-state index in [4.69, 9.17) is 76.7 Å². The maximum Gasteiger partial charge on any atom is 0.548 e. The van der Waals surface area contributed by atoms with Gasteiger partial charge >= 0.3 is 47.4 Å². The molecule has 1 atom stereocenters. The third-order valence-electron chi connectivity index (χ3n) is 1.52. The smallest absolute Gasteiger partial charge is 0.299 e. The van der Waals surface area contributed by atoms with Gasteiger partial charge in [-0.25, -0.2) is 32.4 Å². The second-order valence-electron chi connectivity index (χ2n) is 4.92. The number of rotatable bonds is 3. The molecule has 0 spiro atoms. The summed E-state index contributed by atoms with van der Waals surface area (Å²) >= 11 is 0.